The molecule has 0 N–H and O–H groups in total. The second kappa shape index (κ2) is 8.03. The predicted octanol–water partition coefficient (Wildman–Crippen LogP) is 6.49. The maximum absolute atomic E-state index is 6.50. The molecule has 0 fully saturated rings. The van der Waals surface area contributed by atoms with Crippen molar-refractivity contribution in [2.45, 2.75) is 59.7 Å². The van der Waals surface area contributed by atoms with Gasteiger partial charge < -0.3 is 9.26 Å². The van der Waals surface area contributed by atoms with Gasteiger partial charge >= 0.3 is 0 Å². The fourth-order valence-corrected chi connectivity index (χ4v) is 3.74. The lowest BCUT2D eigenvalue weighted by Gasteiger charge is -2.33. The smallest absolute Gasteiger partial charge is 0.160 e. The summed E-state index contributed by atoms with van der Waals surface area (Å²) < 4.78 is 12.8. The average molecular weight is 344 g/mol. The first-order valence-corrected chi connectivity index (χ1v) is 9.58. The van der Waals surface area contributed by atoms with Crippen molar-refractivity contribution in [2.75, 3.05) is 0 Å². The van der Waals surface area contributed by atoms with E-state index in [1.54, 1.807) is 0 Å². The Balaban J connectivity index is 2.22. The fourth-order valence-electron chi connectivity index (χ4n) is 2.69. The first-order chi connectivity index (χ1) is 11.4. The number of hydrogen-bond acceptors (Lipinski definition) is 2. The van der Waals surface area contributed by atoms with E-state index in [-0.39, 0.29) is 14.1 Å². The van der Waals surface area contributed by atoms with E-state index in [4.69, 9.17) is 9.26 Å². The molecular weight excluding hydrogens is 315 g/mol. The normalized spacial score (nSPS) is 11.9. The number of hydrogen-bond donors (Lipinski definition) is 0. The van der Waals surface area contributed by atoms with Crippen LogP contribution in [0.2, 0.25) is 0 Å². The van der Waals surface area contributed by atoms with Crippen LogP contribution < -0.4 is 9.26 Å². The molecule has 0 aliphatic carbocycles. The second-order valence-electron chi connectivity index (χ2n) is 6.50. The molecule has 2 nitrogen and oxygen atoms in total. The van der Waals surface area contributed by atoms with E-state index in [1.165, 1.54) is 22.3 Å². The molecule has 1 unspecified atom stereocenters. The zero-order valence-electron chi connectivity index (χ0n) is 15.7. The van der Waals surface area contributed by atoms with Crippen LogP contribution in [0.25, 0.3) is 0 Å². The van der Waals surface area contributed by atoms with E-state index in [1.807, 2.05) is 0 Å². The van der Waals surface area contributed by atoms with Gasteiger partial charge in [-0.05, 0) is 68.9 Å². The van der Waals surface area contributed by atoms with Gasteiger partial charge in [0.1, 0.15) is 20.3 Å². The van der Waals surface area contributed by atoms with Gasteiger partial charge in [0, 0.05) is 0 Å². The molecular formula is C21H29O2P. The summed E-state index contributed by atoms with van der Waals surface area (Å²) >= 11 is 0. The van der Waals surface area contributed by atoms with Gasteiger partial charge in [-0.2, -0.15) is 0 Å². The van der Waals surface area contributed by atoms with E-state index in [0.717, 1.165) is 24.3 Å². The standard InChI is InChI=1S/C21H29O2P/c1-7-21(8-2,22-19-14-15(3)12-13-16(19)4)24-23-20-17(5)10-9-11-18(20)6/h9-14,24H,7-8H2,1-6H3. The van der Waals surface area contributed by atoms with Crippen molar-refractivity contribution in [3.05, 3.63) is 58.7 Å². The molecule has 0 saturated heterocycles. The van der Waals surface area contributed by atoms with Crippen molar-refractivity contribution in [1.29, 1.82) is 0 Å². The highest BCUT2D eigenvalue weighted by molar-refractivity contribution is 7.34. The molecule has 0 aliphatic heterocycles. The van der Waals surface area contributed by atoms with Gasteiger partial charge in [0.25, 0.3) is 0 Å². The summed E-state index contributed by atoms with van der Waals surface area (Å²) in [5.74, 6) is 1.96. The van der Waals surface area contributed by atoms with E-state index in [0.29, 0.717) is 0 Å². The van der Waals surface area contributed by atoms with Crippen LogP contribution in [0.15, 0.2) is 36.4 Å². The lowest BCUT2D eigenvalue weighted by Crippen LogP contribution is -2.30. The van der Waals surface area contributed by atoms with Crippen LogP contribution in [0.5, 0.6) is 11.5 Å². The Hall–Kier alpha value is -1.53. The third-order valence-electron chi connectivity index (χ3n) is 4.54. The summed E-state index contributed by atoms with van der Waals surface area (Å²) in [5.41, 5.74) is 4.74. The highest BCUT2D eigenvalue weighted by Crippen LogP contribution is 2.43. The Morgan fingerprint density at radius 1 is 0.875 bits per heavy atom. The lowest BCUT2D eigenvalue weighted by molar-refractivity contribution is 0.144. The minimum atomic E-state index is -0.284. The largest absolute Gasteiger partial charge is 0.479 e. The molecule has 0 heterocycles. The monoisotopic (exact) mass is 344 g/mol. The van der Waals surface area contributed by atoms with E-state index < -0.39 is 0 Å². The van der Waals surface area contributed by atoms with Crippen molar-refractivity contribution in [3.8, 4) is 11.5 Å². The van der Waals surface area contributed by atoms with Crippen LogP contribution in [0.4, 0.5) is 0 Å². The molecule has 24 heavy (non-hydrogen) atoms. The minimum Gasteiger partial charge on any atom is -0.479 e. The third kappa shape index (κ3) is 4.30. The summed E-state index contributed by atoms with van der Waals surface area (Å²) in [6, 6.07) is 12.6. The Bertz CT molecular complexity index is 670. The van der Waals surface area contributed by atoms with Crippen molar-refractivity contribution in [3.63, 3.8) is 0 Å². The van der Waals surface area contributed by atoms with E-state index in [9.17, 15) is 0 Å². The van der Waals surface area contributed by atoms with Gasteiger partial charge in [0.05, 0.1) is 0 Å². The quantitative estimate of drug-likeness (QED) is 0.535. The molecule has 130 valence electrons. The zero-order valence-corrected chi connectivity index (χ0v) is 16.7. The SMILES string of the molecule is CCC(CC)(Oc1cc(C)ccc1C)POc1c(C)cccc1C. The topological polar surface area (TPSA) is 18.5 Å². The molecule has 0 spiro atoms. The first kappa shape index (κ1) is 18.8. The van der Waals surface area contributed by atoms with Crippen LogP contribution in [-0.4, -0.2) is 5.34 Å². The molecule has 0 aliphatic rings. The Kier molecular flexibility index (Phi) is 6.29. The fraction of sp³-hybridized carbons (Fsp3) is 0.429. The van der Waals surface area contributed by atoms with Crippen LogP contribution >= 0.6 is 8.81 Å². The summed E-state index contributed by atoms with van der Waals surface area (Å²) in [4.78, 5) is 0. The summed E-state index contributed by atoms with van der Waals surface area (Å²) in [5, 5.41) is -0.284. The molecule has 0 bridgehead atoms. The second-order valence-corrected chi connectivity index (χ2v) is 7.82. The number of para-hydroxylation sites is 1. The van der Waals surface area contributed by atoms with Gasteiger partial charge in [-0.15, -0.1) is 0 Å². The zero-order chi connectivity index (χ0) is 17.7. The van der Waals surface area contributed by atoms with Crippen LogP contribution in [0.1, 0.15) is 48.9 Å². The van der Waals surface area contributed by atoms with Crippen LogP contribution in [0, 0.1) is 27.7 Å². The maximum atomic E-state index is 6.50. The van der Waals surface area contributed by atoms with Gasteiger partial charge in [-0.25, -0.2) is 0 Å². The summed E-state index contributed by atoms with van der Waals surface area (Å²) in [6.45, 7) is 12.7. The summed E-state index contributed by atoms with van der Waals surface area (Å²) in [7, 11) is 0.260. The van der Waals surface area contributed by atoms with E-state index >= 15 is 0 Å². The molecule has 2 aromatic rings. The molecule has 0 aromatic heterocycles. The van der Waals surface area contributed by atoms with Crippen molar-refractivity contribution in [2.24, 2.45) is 0 Å². The number of rotatable bonds is 7. The Morgan fingerprint density at radius 3 is 2.08 bits per heavy atom. The van der Waals surface area contributed by atoms with Gasteiger partial charge in [-0.1, -0.05) is 44.2 Å². The van der Waals surface area contributed by atoms with E-state index in [2.05, 4.69) is 77.9 Å². The molecule has 0 amide bonds. The molecule has 0 radical (unpaired) electrons. The highest BCUT2D eigenvalue weighted by Gasteiger charge is 2.31. The molecule has 2 aromatic carbocycles. The van der Waals surface area contributed by atoms with Crippen molar-refractivity contribution >= 4 is 8.81 Å². The third-order valence-corrected chi connectivity index (χ3v) is 6.03. The molecule has 2 rings (SSSR count). The molecule has 1 atom stereocenters. The Morgan fingerprint density at radius 2 is 1.50 bits per heavy atom. The number of ether oxygens (including phenoxy) is 1. The average Bonchev–Trinajstić information content (AvgIpc) is 2.56. The van der Waals surface area contributed by atoms with Crippen LogP contribution in [-0.2, 0) is 0 Å². The van der Waals surface area contributed by atoms with Gasteiger partial charge in [0.15, 0.2) is 5.34 Å². The minimum absolute atomic E-state index is 0.260. The Labute approximate surface area is 148 Å². The predicted molar refractivity (Wildman–Crippen MR) is 105 cm³/mol. The molecule has 0 saturated carbocycles. The summed E-state index contributed by atoms with van der Waals surface area (Å²) in [6.07, 6.45) is 1.83. The number of benzene rings is 2. The molecule has 3 heteroatoms. The van der Waals surface area contributed by atoms with Gasteiger partial charge in [0.2, 0.25) is 0 Å². The number of aryl methyl sites for hydroxylation is 4. The highest BCUT2D eigenvalue weighted by atomic mass is 31.1. The lowest BCUT2D eigenvalue weighted by atomic mass is 10.1. The van der Waals surface area contributed by atoms with Crippen molar-refractivity contribution in [1.82, 2.24) is 0 Å². The van der Waals surface area contributed by atoms with Crippen LogP contribution in [0.3, 0.4) is 0 Å². The van der Waals surface area contributed by atoms with Gasteiger partial charge in [-0.3, -0.25) is 0 Å². The maximum Gasteiger partial charge on any atom is 0.160 e. The first-order valence-electron chi connectivity index (χ1n) is 8.67. The van der Waals surface area contributed by atoms with Crippen molar-refractivity contribution < 1.29 is 9.26 Å².